The lowest BCUT2D eigenvalue weighted by Crippen LogP contribution is -2.43. The third-order valence-corrected chi connectivity index (χ3v) is 3.39. The first-order valence-corrected chi connectivity index (χ1v) is 7.68. The molecule has 1 N–H and O–H groups in total. The maximum atomic E-state index is 12.1. The van der Waals surface area contributed by atoms with E-state index in [9.17, 15) is 4.79 Å². The molecule has 0 atom stereocenters. The third kappa shape index (κ3) is 5.64. The minimum absolute atomic E-state index is 0.0832. The summed E-state index contributed by atoms with van der Waals surface area (Å²) in [5, 5.41) is 2.95. The summed E-state index contributed by atoms with van der Waals surface area (Å²) in [7, 11) is 0. The number of aryl methyl sites for hydroxylation is 1. The molecule has 2 amide bonds. The fraction of sp³-hybridized carbons (Fsp3) is 0.389. The fourth-order valence-electron chi connectivity index (χ4n) is 2.26. The summed E-state index contributed by atoms with van der Waals surface area (Å²) in [6.07, 6.45) is 3.43. The van der Waals surface area contributed by atoms with Crippen LogP contribution in [0.15, 0.2) is 49.6 Å². The molecule has 1 rings (SSSR count). The molecule has 0 aromatic heterocycles. The zero-order valence-electron chi connectivity index (χ0n) is 13.7. The summed E-state index contributed by atoms with van der Waals surface area (Å²) in [5.74, 6) is 0. The highest BCUT2D eigenvalue weighted by Gasteiger charge is 2.10. The van der Waals surface area contributed by atoms with E-state index >= 15 is 0 Å². The molecule has 0 saturated heterocycles. The lowest BCUT2D eigenvalue weighted by atomic mass is 10.2. The summed E-state index contributed by atoms with van der Waals surface area (Å²) in [5.41, 5.74) is 2.42. The molecule has 1 aromatic carbocycles. The number of amides is 2. The second-order valence-corrected chi connectivity index (χ2v) is 5.13. The van der Waals surface area contributed by atoms with Crippen molar-refractivity contribution in [2.24, 2.45) is 0 Å². The molecule has 0 aliphatic rings. The Morgan fingerprint density at radius 1 is 1.27 bits per heavy atom. The van der Waals surface area contributed by atoms with Crippen LogP contribution in [-0.2, 0) is 0 Å². The van der Waals surface area contributed by atoms with E-state index in [1.165, 1.54) is 11.3 Å². The molecule has 22 heavy (non-hydrogen) atoms. The van der Waals surface area contributed by atoms with Crippen LogP contribution in [0.4, 0.5) is 10.5 Å². The van der Waals surface area contributed by atoms with Gasteiger partial charge in [-0.25, -0.2) is 4.79 Å². The van der Waals surface area contributed by atoms with Gasteiger partial charge in [-0.3, -0.25) is 0 Å². The van der Waals surface area contributed by atoms with Crippen LogP contribution in [0.3, 0.4) is 0 Å². The Balaban J connectivity index is 2.51. The van der Waals surface area contributed by atoms with Crippen LogP contribution in [0.25, 0.3) is 0 Å². The first-order valence-electron chi connectivity index (χ1n) is 7.68. The predicted octanol–water partition coefficient (Wildman–Crippen LogP) is 3.20. The van der Waals surface area contributed by atoms with Gasteiger partial charge in [-0.1, -0.05) is 24.3 Å². The zero-order valence-corrected chi connectivity index (χ0v) is 13.7. The van der Waals surface area contributed by atoms with E-state index in [0.717, 1.165) is 13.1 Å². The number of urea groups is 1. The van der Waals surface area contributed by atoms with Crippen LogP contribution in [-0.4, -0.2) is 43.7 Å². The number of nitrogens with zero attached hydrogens (tertiary/aromatic N) is 2. The molecule has 0 spiro atoms. The van der Waals surface area contributed by atoms with E-state index in [1.54, 1.807) is 17.1 Å². The van der Waals surface area contributed by atoms with Crippen LogP contribution >= 0.6 is 0 Å². The molecule has 0 saturated carbocycles. The second kappa shape index (κ2) is 9.66. The van der Waals surface area contributed by atoms with E-state index in [2.05, 4.69) is 61.5 Å². The van der Waals surface area contributed by atoms with Crippen molar-refractivity contribution in [3.8, 4) is 0 Å². The molecule has 0 bridgehead atoms. The third-order valence-electron chi connectivity index (χ3n) is 3.39. The number of carbonyl (C=O) groups is 1. The van der Waals surface area contributed by atoms with E-state index in [1.807, 2.05) is 0 Å². The van der Waals surface area contributed by atoms with Gasteiger partial charge in [0.15, 0.2) is 0 Å². The molecular weight excluding hydrogens is 274 g/mol. The largest absolute Gasteiger partial charge is 0.370 e. The summed E-state index contributed by atoms with van der Waals surface area (Å²) in [6, 6.07) is 8.32. The monoisotopic (exact) mass is 301 g/mol. The van der Waals surface area contributed by atoms with Crippen LogP contribution < -0.4 is 10.2 Å². The normalized spacial score (nSPS) is 9.91. The molecule has 4 nitrogen and oxygen atoms in total. The van der Waals surface area contributed by atoms with Crippen molar-refractivity contribution in [3.05, 3.63) is 55.1 Å². The summed E-state index contributed by atoms with van der Waals surface area (Å²) in [6.45, 7) is 14.9. The Bertz CT molecular complexity index is 489. The van der Waals surface area contributed by atoms with Gasteiger partial charge in [0.2, 0.25) is 0 Å². The van der Waals surface area contributed by atoms with E-state index in [4.69, 9.17) is 0 Å². The average molecular weight is 301 g/mol. The minimum Gasteiger partial charge on any atom is -0.370 e. The van der Waals surface area contributed by atoms with Gasteiger partial charge in [0.05, 0.1) is 0 Å². The molecule has 0 radical (unpaired) electrons. The first kappa shape index (κ1) is 17.8. The smallest absolute Gasteiger partial charge is 0.318 e. The minimum atomic E-state index is -0.0832. The lowest BCUT2D eigenvalue weighted by molar-refractivity contribution is 0.208. The highest BCUT2D eigenvalue weighted by molar-refractivity contribution is 5.74. The van der Waals surface area contributed by atoms with Crippen LogP contribution in [0.1, 0.15) is 12.5 Å². The quantitative estimate of drug-likeness (QED) is 0.711. The number of benzene rings is 1. The number of hydrogen-bond acceptors (Lipinski definition) is 2. The van der Waals surface area contributed by atoms with Crippen molar-refractivity contribution in [1.82, 2.24) is 10.2 Å². The van der Waals surface area contributed by atoms with Gasteiger partial charge in [0, 0.05) is 38.4 Å². The summed E-state index contributed by atoms with van der Waals surface area (Å²) in [4.78, 5) is 16.0. The Labute approximate surface area is 134 Å². The Morgan fingerprint density at radius 2 is 1.95 bits per heavy atom. The molecule has 0 fully saturated rings. The molecule has 0 unspecified atom stereocenters. The Morgan fingerprint density at radius 3 is 2.50 bits per heavy atom. The number of carbonyl (C=O) groups excluding carboxylic acids is 1. The van der Waals surface area contributed by atoms with Crippen molar-refractivity contribution >= 4 is 11.7 Å². The summed E-state index contributed by atoms with van der Waals surface area (Å²) >= 11 is 0. The van der Waals surface area contributed by atoms with Crippen LogP contribution in [0.5, 0.6) is 0 Å². The number of anilines is 1. The molecule has 4 heteroatoms. The topological polar surface area (TPSA) is 35.6 Å². The van der Waals surface area contributed by atoms with Gasteiger partial charge in [-0.2, -0.15) is 0 Å². The molecular formula is C18H27N3O. The maximum absolute atomic E-state index is 12.1. The average Bonchev–Trinajstić information content (AvgIpc) is 2.51. The van der Waals surface area contributed by atoms with Crippen LogP contribution in [0, 0.1) is 6.92 Å². The van der Waals surface area contributed by atoms with E-state index in [0.29, 0.717) is 19.6 Å². The van der Waals surface area contributed by atoms with Crippen molar-refractivity contribution in [2.45, 2.75) is 13.8 Å². The maximum Gasteiger partial charge on any atom is 0.318 e. The zero-order chi connectivity index (χ0) is 16.4. The fourth-order valence-corrected chi connectivity index (χ4v) is 2.26. The van der Waals surface area contributed by atoms with Gasteiger partial charge in [-0.15, -0.1) is 13.2 Å². The summed E-state index contributed by atoms with van der Waals surface area (Å²) < 4.78 is 0. The highest BCUT2D eigenvalue weighted by Crippen LogP contribution is 2.14. The molecule has 1 aromatic rings. The first-order chi connectivity index (χ1) is 10.6. The predicted molar refractivity (Wildman–Crippen MR) is 94.4 cm³/mol. The highest BCUT2D eigenvalue weighted by atomic mass is 16.2. The second-order valence-electron chi connectivity index (χ2n) is 5.13. The van der Waals surface area contributed by atoms with Crippen molar-refractivity contribution < 1.29 is 4.79 Å². The van der Waals surface area contributed by atoms with Gasteiger partial charge >= 0.3 is 6.03 Å². The van der Waals surface area contributed by atoms with Crippen molar-refractivity contribution in [3.63, 3.8) is 0 Å². The Kier molecular flexibility index (Phi) is 7.83. The molecule has 0 heterocycles. The van der Waals surface area contributed by atoms with Crippen molar-refractivity contribution in [2.75, 3.05) is 37.6 Å². The number of hydrogen-bond donors (Lipinski definition) is 1. The van der Waals surface area contributed by atoms with E-state index in [-0.39, 0.29) is 6.03 Å². The van der Waals surface area contributed by atoms with Crippen molar-refractivity contribution in [1.29, 1.82) is 0 Å². The van der Waals surface area contributed by atoms with Gasteiger partial charge < -0.3 is 15.1 Å². The SMILES string of the molecule is C=CCN(CC=C)C(=O)NCCN(CC)c1cccc(C)c1. The van der Waals surface area contributed by atoms with Gasteiger partial charge in [0.25, 0.3) is 0 Å². The number of rotatable bonds is 9. The van der Waals surface area contributed by atoms with E-state index < -0.39 is 0 Å². The lowest BCUT2D eigenvalue weighted by Gasteiger charge is -2.25. The van der Waals surface area contributed by atoms with Gasteiger partial charge in [0.1, 0.15) is 0 Å². The number of likely N-dealkylation sites (N-methyl/N-ethyl adjacent to an activating group) is 1. The van der Waals surface area contributed by atoms with Crippen LogP contribution in [0.2, 0.25) is 0 Å². The molecule has 0 aliphatic heterocycles. The molecule has 0 aliphatic carbocycles. The standard InChI is InChI=1S/C18H27N3O/c1-5-12-21(13-6-2)18(22)19-11-14-20(7-3)17-10-8-9-16(4)15-17/h5-6,8-10,15H,1-2,7,11-14H2,3-4H3,(H,19,22). The van der Waals surface area contributed by atoms with Gasteiger partial charge in [-0.05, 0) is 31.5 Å². The molecule has 120 valence electrons. The Hall–Kier alpha value is -2.23. The number of nitrogens with one attached hydrogen (secondary N) is 1.